The molecule has 0 bridgehead atoms. The summed E-state index contributed by atoms with van der Waals surface area (Å²) in [4.78, 5) is 11.9. The molecular formula is C14H16O. The molecule has 1 heteroatoms. The van der Waals surface area contributed by atoms with Crippen molar-refractivity contribution in [2.24, 2.45) is 0 Å². The summed E-state index contributed by atoms with van der Waals surface area (Å²) in [5.74, 6) is 0.256. The Hall–Kier alpha value is -1.37. The minimum atomic E-state index is 0.256. The Labute approximate surface area is 90.8 Å². The molecule has 0 fully saturated rings. The van der Waals surface area contributed by atoms with Crippen LogP contribution in [0, 0.1) is 0 Å². The van der Waals surface area contributed by atoms with Gasteiger partial charge in [0.15, 0.2) is 5.78 Å². The van der Waals surface area contributed by atoms with E-state index in [2.05, 4.69) is 6.92 Å². The Kier molecular flexibility index (Phi) is 3.00. The third-order valence-corrected chi connectivity index (χ3v) is 3.10. The van der Waals surface area contributed by atoms with Gasteiger partial charge >= 0.3 is 0 Å². The van der Waals surface area contributed by atoms with E-state index >= 15 is 0 Å². The number of hydrogen-bond acceptors (Lipinski definition) is 1. The SMILES string of the molecule is CC1=C(CC(=O)c2ccccc2)CCC1. The first-order chi connectivity index (χ1) is 7.27. The largest absolute Gasteiger partial charge is 0.294 e. The number of hydrogen-bond donors (Lipinski definition) is 0. The highest BCUT2D eigenvalue weighted by molar-refractivity contribution is 5.97. The van der Waals surface area contributed by atoms with Crippen LogP contribution in [0.4, 0.5) is 0 Å². The molecule has 0 aliphatic heterocycles. The lowest BCUT2D eigenvalue weighted by atomic mass is 10.0. The van der Waals surface area contributed by atoms with Gasteiger partial charge in [-0.25, -0.2) is 0 Å². The van der Waals surface area contributed by atoms with Crippen molar-refractivity contribution in [2.45, 2.75) is 32.6 Å². The molecule has 1 aliphatic carbocycles. The molecule has 1 aromatic rings. The highest BCUT2D eigenvalue weighted by Gasteiger charge is 2.14. The van der Waals surface area contributed by atoms with Gasteiger partial charge in [-0.1, -0.05) is 41.5 Å². The summed E-state index contributed by atoms with van der Waals surface area (Å²) >= 11 is 0. The molecule has 0 N–H and O–H groups in total. The van der Waals surface area contributed by atoms with Gasteiger partial charge < -0.3 is 0 Å². The van der Waals surface area contributed by atoms with E-state index in [9.17, 15) is 4.79 Å². The van der Waals surface area contributed by atoms with E-state index in [4.69, 9.17) is 0 Å². The molecule has 0 saturated carbocycles. The fraction of sp³-hybridized carbons (Fsp3) is 0.357. The van der Waals surface area contributed by atoms with Gasteiger partial charge in [-0.3, -0.25) is 4.79 Å². The van der Waals surface area contributed by atoms with E-state index in [-0.39, 0.29) is 5.78 Å². The Morgan fingerprint density at radius 2 is 1.93 bits per heavy atom. The van der Waals surface area contributed by atoms with E-state index in [0.29, 0.717) is 6.42 Å². The van der Waals surface area contributed by atoms with Gasteiger partial charge in [-0.05, 0) is 26.2 Å². The fourth-order valence-corrected chi connectivity index (χ4v) is 2.12. The predicted octanol–water partition coefficient (Wildman–Crippen LogP) is 3.76. The van der Waals surface area contributed by atoms with E-state index in [0.717, 1.165) is 12.0 Å². The molecule has 1 nitrogen and oxygen atoms in total. The second-order valence-corrected chi connectivity index (χ2v) is 4.20. The maximum Gasteiger partial charge on any atom is 0.166 e. The van der Waals surface area contributed by atoms with E-state index in [1.165, 1.54) is 24.0 Å². The summed E-state index contributed by atoms with van der Waals surface area (Å²) in [6.07, 6.45) is 4.14. The molecule has 15 heavy (non-hydrogen) atoms. The van der Waals surface area contributed by atoms with Crippen molar-refractivity contribution < 1.29 is 4.79 Å². The first-order valence-electron chi connectivity index (χ1n) is 5.53. The average molecular weight is 200 g/mol. The maximum absolute atomic E-state index is 11.9. The standard InChI is InChI=1S/C14H16O/c1-11-6-5-9-13(11)10-14(15)12-7-3-2-4-8-12/h2-4,7-8H,5-6,9-10H2,1H3. The van der Waals surface area contributed by atoms with Crippen LogP contribution in [0.5, 0.6) is 0 Å². The normalized spacial score (nSPS) is 15.8. The van der Waals surface area contributed by atoms with Crippen LogP contribution in [-0.2, 0) is 0 Å². The van der Waals surface area contributed by atoms with Gasteiger partial charge in [0, 0.05) is 12.0 Å². The van der Waals surface area contributed by atoms with Gasteiger partial charge in [-0.15, -0.1) is 0 Å². The molecule has 1 aromatic carbocycles. The number of carbonyl (C=O) groups excluding carboxylic acids is 1. The highest BCUT2D eigenvalue weighted by Crippen LogP contribution is 2.28. The van der Waals surface area contributed by atoms with Crippen LogP contribution in [0.2, 0.25) is 0 Å². The predicted molar refractivity (Wildman–Crippen MR) is 61.9 cm³/mol. The summed E-state index contributed by atoms with van der Waals surface area (Å²) in [5, 5.41) is 0. The number of Topliss-reactive ketones (excluding diaryl/α,β-unsaturated/α-hetero) is 1. The summed E-state index contributed by atoms with van der Waals surface area (Å²) in [6, 6.07) is 9.57. The quantitative estimate of drug-likeness (QED) is 0.536. The second-order valence-electron chi connectivity index (χ2n) is 4.20. The summed E-state index contributed by atoms with van der Waals surface area (Å²) in [5.41, 5.74) is 3.63. The fourth-order valence-electron chi connectivity index (χ4n) is 2.12. The first-order valence-corrected chi connectivity index (χ1v) is 5.53. The molecule has 0 aromatic heterocycles. The molecular weight excluding hydrogens is 184 g/mol. The van der Waals surface area contributed by atoms with Gasteiger partial charge in [-0.2, -0.15) is 0 Å². The van der Waals surface area contributed by atoms with E-state index < -0.39 is 0 Å². The molecule has 0 heterocycles. The van der Waals surface area contributed by atoms with Gasteiger partial charge in [0.25, 0.3) is 0 Å². The first kappa shape index (κ1) is 10.2. The Morgan fingerprint density at radius 1 is 1.20 bits per heavy atom. The Bertz CT molecular complexity index is 387. The number of carbonyl (C=O) groups is 1. The molecule has 0 radical (unpaired) electrons. The van der Waals surface area contributed by atoms with Gasteiger partial charge in [0.1, 0.15) is 0 Å². The van der Waals surface area contributed by atoms with Crippen LogP contribution >= 0.6 is 0 Å². The van der Waals surface area contributed by atoms with Crippen molar-refractivity contribution in [1.82, 2.24) is 0 Å². The van der Waals surface area contributed by atoms with Gasteiger partial charge in [0.05, 0.1) is 0 Å². The zero-order valence-corrected chi connectivity index (χ0v) is 9.12. The number of rotatable bonds is 3. The molecule has 0 spiro atoms. The van der Waals surface area contributed by atoms with Crippen LogP contribution in [0.3, 0.4) is 0 Å². The molecule has 0 atom stereocenters. The number of benzene rings is 1. The third-order valence-electron chi connectivity index (χ3n) is 3.10. The lowest BCUT2D eigenvalue weighted by Gasteiger charge is -2.03. The van der Waals surface area contributed by atoms with Crippen molar-refractivity contribution in [3.63, 3.8) is 0 Å². The minimum absolute atomic E-state index is 0.256. The number of allylic oxidation sites excluding steroid dienone is 2. The lowest BCUT2D eigenvalue weighted by Crippen LogP contribution is -2.00. The summed E-state index contributed by atoms with van der Waals surface area (Å²) in [6.45, 7) is 2.15. The second kappa shape index (κ2) is 4.43. The lowest BCUT2D eigenvalue weighted by molar-refractivity contribution is 0.0992. The zero-order chi connectivity index (χ0) is 10.7. The molecule has 0 unspecified atom stereocenters. The Morgan fingerprint density at radius 3 is 2.53 bits per heavy atom. The smallest absolute Gasteiger partial charge is 0.166 e. The molecule has 2 rings (SSSR count). The van der Waals surface area contributed by atoms with Crippen molar-refractivity contribution >= 4 is 5.78 Å². The van der Waals surface area contributed by atoms with Crippen molar-refractivity contribution in [3.8, 4) is 0 Å². The Balaban J connectivity index is 2.08. The maximum atomic E-state index is 11.9. The van der Waals surface area contributed by atoms with E-state index in [1.807, 2.05) is 30.3 Å². The van der Waals surface area contributed by atoms with Crippen LogP contribution in [-0.4, -0.2) is 5.78 Å². The highest BCUT2D eigenvalue weighted by atomic mass is 16.1. The molecule has 78 valence electrons. The number of ketones is 1. The van der Waals surface area contributed by atoms with Crippen molar-refractivity contribution in [2.75, 3.05) is 0 Å². The van der Waals surface area contributed by atoms with Crippen molar-refractivity contribution in [3.05, 3.63) is 47.0 Å². The van der Waals surface area contributed by atoms with Crippen LogP contribution < -0.4 is 0 Å². The molecule has 0 amide bonds. The van der Waals surface area contributed by atoms with Gasteiger partial charge in [0.2, 0.25) is 0 Å². The van der Waals surface area contributed by atoms with Crippen molar-refractivity contribution in [1.29, 1.82) is 0 Å². The van der Waals surface area contributed by atoms with Crippen LogP contribution in [0.15, 0.2) is 41.5 Å². The molecule has 1 aliphatic rings. The minimum Gasteiger partial charge on any atom is -0.294 e. The average Bonchev–Trinajstić information content (AvgIpc) is 2.66. The van der Waals surface area contributed by atoms with Crippen LogP contribution in [0.1, 0.15) is 43.0 Å². The monoisotopic (exact) mass is 200 g/mol. The third kappa shape index (κ3) is 2.35. The summed E-state index contributed by atoms with van der Waals surface area (Å²) < 4.78 is 0. The van der Waals surface area contributed by atoms with E-state index in [1.54, 1.807) is 0 Å². The zero-order valence-electron chi connectivity index (χ0n) is 9.12. The molecule has 0 saturated heterocycles. The van der Waals surface area contributed by atoms with Crippen LogP contribution in [0.25, 0.3) is 0 Å². The topological polar surface area (TPSA) is 17.1 Å². The summed E-state index contributed by atoms with van der Waals surface area (Å²) in [7, 11) is 0.